The second kappa shape index (κ2) is 11.1. The van der Waals surface area contributed by atoms with Crippen LogP contribution in [0.5, 0.6) is 0 Å². The highest BCUT2D eigenvalue weighted by Crippen LogP contribution is 2.44. The first-order chi connectivity index (χ1) is 19.4. The number of fused-ring (bicyclic) bond motifs is 3. The predicted molar refractivity (Wildman–Crippen MR) is 148 cm³/mol. The van der Waals surface area contributed by atoms with Gasteiger partial charge >= 0.3 is 0 Å². The molecule has 212 valence electrons. The van der Waals surface area contributed by atoms with Crippen LogP contribution in [0.25, 0.3) is 0 Å². The second-order valence-electron chi connectivity index (χ2n) is 11.5. The van der Waals surface area contributed by atoms with Crippen LogP contribution in [0.15, 0.2) is 41.8 Å². The van der Waals surface area contributed by atoms with Gasteiger partial charge in [0.25, 0.3) is 11.8 Å². The van der Waals surface area contributed by atoms with Crippen molar-refractivity contribution in [1.29, 1.82) is 0 Å². The first kappa shape index (κ1) is 26.6. The minimum atomic E-state index is -0.632. The van der Waals surface area contributed by atoms with E-state index in [-0.39, 0.29) is 36.3 Å². The molecule has 7 rings (SSSR count). The van der Waals surface area contributed by atoms with Crippen LogP contribution in [0.2, 0.25) is 0 Å². The van der Waals surface area contributed by atoms with Crippen molar-refractivity contribution in [2.45, 2.75) is 57.5 Å². The van der Waals surface area contributed by atoms with Gasteiger partial charge in [0.1, 0.15) is 36.8 Å². The van der Waals surface area contributed by atoms with Gasteiger partial charge in [0, 0.05) is 44.8 Å². The SMILES string of the molecule is CO/N=C(/C)C(=O)N1CC2CC(C2)C1Nc1cc(C(=O)N2CC[C@@H](N3CCc4ccccc4C3)[C@H](O)C2)ncn1. The molecule has 3 atom stereocenters. The van der Waals surface area contributed by atoms with Gasteiger partial charge in [-0.25, -0.2) is 9.97 Å². The summed E-state index contributed by atoms with van der Waals surface area (Å²) in [7, 11) is 1.42. The molecule has 1 saturated carbocycles. The van der Waals surface area contributed by atoms with E-state index in [9.17, 15) is 14.7 Å². The van der Waals surface area contributed by atoms with E-state index in [1.165, 1.54) is 24.6 Å². The van der Waals surface area contributed by atoms with Crippen molar-refractivity contribution in [3.63, 3.8) is 0 Å². The summed E-state index contributed by atoms with van der Waals surface area (Å²) >= 11 is 0. The summed E-state index contributed by atoms with van der Waals surface area (Å²) in [6, 6.07) is 10.1. The molecule has 2 amide bonds. The Morgan fingerprint density at radius 3 is 2.70 bits per heavy atom. The molecule has 1 unspecified atom stereocenters. The number of aliphatic hydroxyl groups is 1. The maximum Gasteiger partial charge on any atom is 0.272 e. The van der Waals surface area contributed by atoms with Crippen LogP contribution in [-0.2, 0) is 22.6 Å². The molecule has 11 heteroatoms. The predicted octanol–water partition coefficient (Wildman–Crippen LogP) is 1.74. The van der Waals surface area contributed by atoms with Gasteiger partial charge in [-0.1, -0.05) is 29.4 Å². The maximum absolute atomic E-state index is 13.4. The maximum atomic E-state index is 13.4. The molecule has 2 aromatic rings. The zero-order valence-corrected chi connectivity index (χ0v) is 23.1. The Kier molecular flexibility index (Phi) is 7.41. The quantitative estimate of drug-likeness (QED) is 0.414. The molecule has 5 heterocycles. The van der Waals surface area contributed by atoms with E-state index in [0.717, 1.165) is 32.4 Å². The van der Waals surface area contributed by atoms with Crippen LogP contribution in [0.4, 0.5) is 5.82 Å². The number of piperidine rings is 3. The van der Waals surface area contributed by atoms with E-state index in [1.807, 2.05) is 0 Å². The van der Waals surface area contributed by atoms with Crippen LogP contribution in [0.3, 0.4) is 0 Å². The molecular weight excluding hydrogens is 510 g/mol. The average Bonchev–Trinajstić information content (AvgIpc) is 2.96. The normalized spacial score (nSPS) is 28.4. The number of aliphatic hydroxyl groups excluding tert-OH is 1. The highest BCUT2D eigenvalue weighted by molar-refractivity contribution is 6.37. The van der Waals surface area contributed by atoms with Crippen molar-refractivity contribution in [2.24, 2.45) is 17.0 Å². The van der Waals surface area contributed by atoms with E-state index in [4.69, 9.17) is 4.84 Å². The Bertz CT molecular complexity index is 1300. The minimum absolute atomic E-state index is 0.0197. The van der Waals surface area contributed by atoms with Crippen molar-refractivity contribution in [3.05, 3.63) is 53.5 Å². The van der Waals surface area contributed by atoms with Gasteiger partial charge in [-0.2, -0.15) is 0 Å². The lowest BCUT2D eigenvalue weighted by atomic mass is 9.69. The van der Waals surface area contributed by atoms with Crippen LogP contribution in [-0.4, -0.2) is 98.9 Å². The number of carbonyl (C=O) groups is 2. The van der Waals surface area contributed by atoms with Gasteiger partial charge in [0.2, 0.25) is 0 Å². The van der Waals surface area contributed by atoms with Gasteiger partial charge in [-0.3, -0.25) is 14.5 Å². The van der Waals surface area contributed by atoms with E-state index >= 15 is 0 Å². The van der Waals surface area contributed by atoms with Crippen molar-refractivity contribution in [2.75, 3.05) is 38.6 Å². The number of benzene rings is 1. The van der Waals surface area contributed by atoms with Gasteiger partial charge in [-0.15, -0.1) is 0 Å². The molecule has 1 aromatic heterocycles. The number of amides is 2. The number of anilines is 1. The summed E-state index contributed by atoms with van der Waals surface area (Å²) in [6.45, 7) is 4.85. The number of carbonyl (C=O) groups excluding carboxylic acids is 2. The van der Waals surface area contributed by atoms with E-state index in [0.29, 0.717) is 42.9 Å². The average molecular weight is 548 g/mol. The van der Waals surface area contributed by atoms with E-state index in [2.05, 4.69) is 49.6 Å². The van der Waals surface area contributed by atoms with Crippen molar-refractivity contribution < 1.29 is 19.5 Å². The van der Waals surface area contributed by atoms with Gasteiger partial charge < -0.3 is 25.1 Å². The highest BCUT2D eigenvalue weighted by Gasteiger charge is 2.47. The molecule has 4 fully saturated rings. The second-order valence-corrected chi connectivity index (χ2v) is 11.5. The van der Waals surface area contributed by atoms with E-state index in [1.54, 1.807) is 22.8 Å². The lowest BCUT2D eigenvalue weighted by Gasteiger charge is -2.53. The van der Waals surface area contributed by atoms with Crippen LogP contribution < -0.4 is 5.32 Å². The summed E-state index contributed by atoms with van der Waals surface area (Å²) in [5.74, 6) is 0.903. The number of hydrogen-bond acceptors (Lipinski definition) is 9. The number of rotatable bonds is 6. The third-order valence-corrected chi connectivity index (χ3v) is 8.95. The molecular formula is C29H37N7O4. The van der Waals surface area contributed by atoms with Crippen LogP contribution in [0, 0.1) is 11.8 Å². The number of nitrogens with zero attached hydrogens (tertiary/aromatic N) is 6. The number of nitrogens with one attached hydrogen (secondary N) is 1. The molecule has 1 aliphatic carbocycles. The fourth-order valence-electron chi connectivity index (χ4n) is 6.83. The summed E-state index contributed by atoms with van der Waals surface area (Å²) in [4.78, 5) is 45.7. The van der Waals surface area contributed by atoms with Crippen molar-refractivity contribution in [3.8, 4) is 0 Å². The summed E-state index contributed by atoms with van der Waals surface area (Å²) < 4.78 is 0. The van der Waals surface area contributed by atoms with Crippen molar-refractivity contribution >= 4 is 23.3 Å². The van der Waals surface area contributed by atoms with Gasteiger partial charge in [0.15, 0.2) is 0 Å². The Hall–Kier alpha value is -3.57. The molecule has 3 saturated heterocycles. The topological polar surface area (TPSA) is 123 Å². The fraction of sp³-hybridized carbons (Fsp3) is 0.552. The highest BCUT2D eigenvalue weighted by atomic mass is 16.6. The van der Waals surface area contributed by atoms with Gasteiger partial charge in [0.05, 0.1) is 6.10 Å². The van der Waals surface area contributed by atoms with Gasteiger partial charge in [-0.05, 0) is 55.6 Å². The molecule has 5 aliphatic rings. The fourth-order valence-corrected chi connectivity index (χ4v) is 6.83. The zero-order valence-electron chi connectivity index (χ0n) is 23.1. The van der Waals surface area contributed by atoms with Crippen LogP contribution >= 0.6 is 0 Å². The largest absolute Gasteiger partial charge is 0.399 e. The first-order valence-corrected chi connectivity index (χ1v) is 14.2. The molecule has 2 bridgehead atoms. The monoisotopic (exact) mass is 547 g/mol. The van der Waals surface area contributed by atoms with E-state index < -0.39 is 6.10 Å². The molecule has 2 N–H and O–H groups in total. The summed E-state index contributed by atoms with van der Waals surface area (Å²) in [6.07, 6.45) is 4.28. The number of likely N-dealkylation sites (tertiary alicyclic amines) is 1. The number of oxime groups is 1. The third kappa shape index (κ3) is 5.15. The first-order valence-electron chi connectivity index (χ1n) is 14.2. The Morgan fingerprint density at radius 2 is 1.93 bits per heavy atom. The minimum Gasteiger partial charge on any atom is -0.399 e. The number of aromatic nitrogens is 2. The molecule has 11 nitrogen and oxygen atoms in total. The van der Waals surface area contributed by atoms with Crippen LogP contribution in [0.1, 0.15) is 47.8 Å². The Balaban J connectivity index is 1.10. The number of hydrogen-bond donors (Lipinski definition) is 2. The molecule has 40 heavy (non-hydrogen) atoms. The molecule has 1 aromatic carbocycles. The zero-order chi connectivity index (χ0) is 27.8. The number of β-amino-alcohol motifs (C(OH)–C–C–N with tert-alkyl or cyclic N) is 1. The standard InChI is InChI=1S/C29H37N7O4/c1-18(33-40-2)28(38)36-14-19-11-22(12-19)27(36)32-26-13-23(30-17-31-26)29(39)35-10-8-24(25(37)16-35)34-9-7-20-5-3-4-6-21(20)15-34/h3-6,13,17,19,22,24-25,27,37H,7-12,14-16H2,1-2H3,(H,30,31,32)/b33-18-/t19?,22?,24-,25-,27?/m1/s1. The lowest BCUT2D eigenvalue weighted by molar-refractivity contribution is -0.135. The lowest BCUT2D eigenvalue weighted by Crippen LogP contribution is -2.61. The molecule has 0 radical (unpaired) electrons. The molecule has 0 spiro atoms. The molecule has 4 aliphatic heterocycles. The third-order valence-electron chi connectivity index (χ3n) is 8.95. The Labute approximate surface area is 234 Å². The summed E-state index contributed by atoms with van der Waals surface area (Å²) in [5, 5.41) is 18.3. The van der Waals surface area contributed by atoms with Crippen molar-refractivity contribution in [1.82, 2.24) is 24.7 Å². The Morgan fingerprint density at radius 1 is 1.12 bits per heavy atom. The smallest absolute Gasteiger partial charge is 0.272 e. The summed E-state index contributed by atoms with van der Waals surface area (Å²) in [5.41, 5.74) is 3.26.